The molecular weight excluding hydrogens is 500 g/mol. The van der Waals surface area contributed by atoms with Crippen molar-refractivity contribution in [1.29, 1.82) is 0 Å². The number of ether oxygens (including phenoxy) is 3. The molecular formula is C23H32N8O5S. The molecule has 37 heavy (non-hydrogen) atoms. The van der Waals surface area contributed by atoms with Crippen molar-refractivity contribution in [3.8, 4) is 17.4 Å². The molecule has 0 bridgehead atoms. The molecule has 0 unspecified atom stereocenters. The van der Waals surface area contributed by atoms with Crippen LogP contribution >= 0.6 is 0 Å². The zero-order valence-electron chi connectivity index (χ0n) is 21.7. The number of nitrogens with zero attached hydrogens (tertiary/aromatic N) is 7. The number of hydrogen-bond acceptors (Lipinski definition) is 11. The van der Waals surface area contributed by atoms with Crippen molar-refractivity contribution in [1.82, 2.24) is 34.7 Å². The SMILES string of the molecule is COc1ncnc(OC)c1-n1c(NS(=O)(=O)[C@@H](C)[C@@H](OC(C)C)c2ncc(C)cn2)nnc1C1CCC1. The molecule has 4 rings (SSSR count). The summed E-state index contributed by atoms with van der Waals surface area (Å²) < 4.78 is 48.5. The Hall–Kier alpha value is -3.39. The molecule has 2 atom stereocenters. The second-order valence-electron chi connectivity index (χ2n) is 9.16. The molecule has 1 aliphatic rings. The van der Waals surface area contributed by atoms with Crippen LogP contribution in [0.3, 0.4) is 0 Å². The molecule has 3 aromatic heterocycles. The van der Waals surface area contributed by atoms with Crippen LogP contribution in [0.15, 0.2) is 18.7 Å². The summed E-state index contributed by atoms with van der Waals surface area (Å²) in [4.78, 5) is 17.0. The highest BCUT2D eigenvalue weighted by atomic mass is 32.2. The first-order valence-corrected chi connectivity index (χ1v) is 13.5. The average molecular weight is 533 g/mol. The number of methoxy groups -OCH3 is 2. The first-order valence-electron chi connectivity index (χ1n) is 12.0. The summed E-state index contributed by atoms with van der Waals surface area (Å²) in [5, 5.41) is 7.46. The van der Waals surface area contributed by atoms with Gasteiger partial charge in [-0.25, -0.2) is 18.4 Å². The summed E-state index contributed by atoms with van der Waals surface area (Å²) in [7, 11) is -1.17. The Balaban J connectivity index is 1.77. The van der Waals surface area contributed by atoms with Gasteiger partial charge in [0, 0.05) is 18.3 Å². The van der Waals surface area contributed by atoms with Gasteiger partial charge in [0.05, 0.1) is 20.3 Å². The average Bonchev–Trinajstić information content (AvgIpc) is 3.22. The van der Waals surface area contributed by atoms with Gasteiger partial charge in [0.25, 0.3) is 0 Å². The molecule has 14 heteroatoms. The maximum atomic E-state index is 13.7. The molecule has 0 aromatic carbocycles. The molecule has 1 saturated carbocycles. The molecule has 0 spiro atoms. The number of aryl methyl sites for hydroxylation is 1. The minimum atomic E-state index is -4.09. The Morgan fingerprint density at radius 1 is 1.00 bits per heavy atom. The Bertz CT molecular complexity index is 1300. The van der Waals surface area contributed by atoms with Crippen LogP contribution in [0, 0.1) is 6.92 Å². The fourth-order valence-corrected chi connectivity index (χ4v) is 5.04. The minimum absolute atomic E-state index is 0.0340. The highest BCUT2D eigenvalue weighted by molar-refractivity contribution is 7.93. The summed E-state index contributed by atoms with van der Waals surface area (Å²) in [6.07, 6.45) is 6.20. The van der Waals surface area contributed by atoms with Gasteiger partial charge in [0.15, 0.2) is 11.5 Å². The standard InChI is InChI=1S/C23H32N8O5S/c1-13(2)36-18(19-24-10-14(3)11-25-19)15(4)37(32,33)30-23-29-28-20(16-8-7-9-16)31(23)17-21(34-5)26-12-27-22(17)35-6/h10-13,15-16,18H,7-9H2,1-6H3,(H,29,30)/t15-,18+/m0/s1. The zero-order valence-corrected chi connectivity index (χ0v) is 22.6. The molecule has 3 aromatic rings. The van der Waals surface area contributed by atoms with Gasteiger partial charge in [-0.15, -0.1) is 10.2 Å². The van der Waals surface area contributed by atoms with Gasteiger partial charge >= 0.3 is 0 Å². The highest BCUT2D eigenvalue weighted by Crippen LogP contribution is 2.40. The lowest BCUT2D eigenvalue weighted by atomic mass is 9.85. The van der Waals surface area contributed by atoms with Crippen LogP contribution in [-0.2, 0) is 14.8 Å². The van der Waals surface area contributed by atoms with Gasteiger partial charge in [0.2, 0.25) is 27.7 Å². The lowest BCUT2D eigenvalue weighted by Crippen LogP contribution is -2.35. The third-order valence-corrected chi connectivity index (χ3v) is 7.84. The van der Waals surface area contributed by atoms with Gasteiger partial charge < -0.3 is 14.2 Å². The topological polar surface area (TPSA) is 156 Å². The lowest BCUT2D eigenvalue weighted by Gasteiger charge is -2.27. The predicted octanol–water partition coefficient (Wildman–Crippen LogP) is 2.74. The van der Waals surface area contributed by atoms with Crippen molar-refractivity contribution in [2.24, 2.45) is 0 Å². The van der Waals surface area contributed by atoms with Crippen molar-refractivity contribution < 1.29 is 22.6 Å². The van der Waals surface area contributed by atoms with Crippen molar-refractivity contribution in [3.05, 3.63) is 35.9 Å². The molecule has 0 aliphatic heterocycles. The van der Waals surface area contributed by atoms with Crippen molar-refractivity contribution >= 4 is 16.0 Å². The normalized spacial score (nSPS) is 15.8. The fraction of sp³-hybridized carbons (Fsp3) is 0.565. The van der Waals surface area contributed by atoms with Crippen LogP contribution in [0.25, 0.3) is 5.69 Å². The fourth-order valence-electron chi connectivity index (χ4n) is 3.96. The largest absolute Gasteiger partial charge is 0.479 e. The van der Waals surface area contributed by atoms with Gasteiger partial charge in [-0.05, 0) is 46.1 Å². The summed E-state index contributed by atoms with van der Waals surface area (Å²) in [5.74, 6) is 1.28. The maximum Gasteiger partial charge on any atom is 0.245 e. The van der Waals surface area contributed by atoms with E-state index < -0.39 is 21.4 Å². The Morgan fingerprint density at radius 2 is 1.62 bits per heavy atom. The van der Waals surface area contributed by atoms with E-state index in [0.717, 1.165) is 24.8 Å². The summed E-state index contributed by atoms with van der Waals surface area (Å²) in [6.45, 7) is 7.04. The molecule has 0 saturated heterocycles. The molecule has 1 N–H and O–H groups in total. The van der Waals surface area contributed by atoms with Crippen molar-refractivity contribution in [2.75, 3.05) is 18.9 Å². The van der Waals surface area contributed by atoms with Crippen LogP contribution in [0.2, 0.25) is 0 Å². The quantitative estimate of drug-likeness (QED) is 0.387. The minimum Gasteiger partial charge on any atom is -0.479 e. The number of aromatic nitrogens is 7. The molecule has 1 fully saturated rings. The summed E-state index contributed by atoms with van der Waals surface area (Å²) >= 11 is 0. The van der Waals surface area contributed by atoms with Crippen LogP contribution in [0.1, 0.15) is 69.3 Å². The van der Waals surface area contributed by atoms with Crippen LogP contribution in [0.5, 0.6) is 11.8 Å². The highest BCUT2D eigenvalue weighted by Gasteiger charge is 2.37. The maximum absolute atomic E-state index is 13.7. The first kappa shape index (κ1) is 26.7. The summed E-state index contributed by atoms with van der Waals surface area (Å²) in [6, 6.07) is 0. The molecule has 200 valence electrons. The number of anilines is 1. The predicted molar refractivity (Wildman–Crippen MR) is 134 cm³/mol. The Morgan fingerprint density at radius 3 is 2.14 bits per heavy atom. The van der Waals surface area contributed by atoms with Gasteiger partial charge in [0.1, 0.15) is 23.5 Å². The Kier molecular flexibility index (Phi) is 7.87. The lowest BCUT2D eigenvalue weighted by molar-refractivity contribution is 0.00152. The van der Waals surface area contributed by atoms with E-state index in [2.05, 4.69) is 34.9 Å². The number of hydrogen-bond donors (Lipinski definition) is 1. The molecule has 1 aliphatic carbocycles. The van der Waals surface area contributed by atoms with Gasteiger partial charge in [-0.1, -0.05) is 6.42 Å². The molecule has 3 heterocycles. The van der Waals surface area contributed by atoms with Crippen molar-refractivity contribution in [2.45, 2.75) is 70.3 Å². The van der Waals surface area contributed by atoms with E-state index in [9.17, 15) is 8.42 Å². The molecule has 0 amide bonds. The van der Waals surface area contributed by atoms with Crippen LogP contribution < -0.4 is 14.2 Å². The monoisotopic (exact) mass is 532 g/mol. The number of nitrogens with one attached hydrogen (secondary N) is 1. The van der Waals surface area contributed by atoms with E-state index in [-0.39, 0.29) is 35.6 Å². The van der Waals surface area contributed by atoms with E-state index >= 15 is 0 Å². The van der Waals surface area contributed by atoms with E-state index in [1.807, 2.05) is 20.8 Å². The van der Waals surface area contributed by atoms with Gasteiger partial charge in [-0.2, -0.15) is 9.97 Å². The zero-order chi connectivity index (χ0) is 26.7. The Labute approximate surface area is 216 Å². The van der Waals surface area contributed by atoms with Crippen LogP contribution in [-0.4, -0.2) is 68.7 Å². The van der Waals surface area contributed by atoms with Crippen molar-refractivity contribution in [3.63, 3.8) is 0 Å². The smallest absolute Gasteiger partial charge is 0.245 e. The van der Waals surface area contributed by atoms with E-state index in [1.165, 1.54) is 20.5 Å². The number of sulfonamides is 1. The van der Waals surface area contributed by atoms with E-state index in [4.69, 9.17) is 14.2 Å². The second kappa shape index (κ2) is 10.9. The molecule has 0 radical (unpaired) electrons. The second-order valence-corrected chi connectivity index (χ2v) is 11.2. The van der Waals surface area contributed by atoms with E-state index in [1.54, 1.807) is 23.9 Å². The summed E-state index contributed by atoms with van der Waals surface area (Å²) in [5.41, 5.74) is 1.16. The molecule has 13 nitrogen and oxygen atoms in total. The third kappa shape index (κ3) is 5.49. The van der Waals surface area contributed by atoms with Crippen LogP contribution in [0.4, 0.5) is 5.95 Å². The number of rotatable bonds is 11. The first-order chi connectivity index (χ1) is 17.7. The van der Waals surface area contributed by atoms with E-state index in [0.29, 0.717) is 11.5 Å². The van der Waals surface area contributed by atoms with Gasteiger partial charge in [-0.3, -0.25) is 9.29 Å². The third-order valence-electron chi connectivity index (χ3n) is 6.15.